The van der Waals surface area contributed by atoms with Crippen molar-refractivity contribution in [3.05, 3.63) is 170 Å². The van der Waals surface area contributed by atoms with Crippen molar-refractivity contribution < 1.29 is 0 Å². The van der Waals surface area contributed by atoms with Crippen molar-refractivity contribution in [2.45, 2.75) is 0 Å². The van der Waals surface area contributed by atoms with E-state index in [4.69, 9.17) is 19.9 Å². The van der Waals surface area contributed by atoms with Crippen LogP contribution in [-0.4, -0.2) is 19.9 Å². The van der Waals surface area contributed by atoms with Crippen molar-refractivity contribution in [1.29, 1.82) is 0 Å². The Labute approximate surface area is 299 Å². The van der Waals surface area contributed by atoms with Gasteiger partial charge in [0.25, 0.3) is 0 Å². The summed E-state index contributed by atoms with van der Waals surface area (Å²) in [5.74, 6) is 0.699. The van der Waals surface area contributed by atoms with Gasteiger partial charge in [-0.05, 0) is 51.2 Å². The van der Waals surface area contributed by atoms with Crippen LogP contribution in [0.25, 0.3) is 111 Å². The molecule has 0 saturated heterocycles. The van der Waals surface area contributed by atoms with Crippen LogP contribution in [0, 0.1) is 0 Å². The van der Waals surface area contributed by atoms with Gasteiger partial charge in [0, 0.05) is 38.4 Å². The third-order valence-corrected chi connectivity index (χ3v) is 10.4. The molecular weight excluding hydrogens is 633 g/mol. The summed E-state index contributed by atoms with van der Waals surface area (Å²) in [6.45, 7) is 0. The summed E-state index contributed by atoms with van der Waals surface area (Å²) in [7, 11) is 0. The second-order valence-corrected chi connectivity index (χ2v) is 13.4. The van der Waals surface area contributed by atoms with Crippen LogP contribution in [0.4, 0.5) is 0 Å². The van der Waals surface area contributed by atoms with Gasteiger partial charge in [0.05, 0.1) is 33.6 Å². The highest BCUT2D eigenvalue weighted by molar-refractivity contribution is 6.18. The molecule has 1 aliphatic rings. The van der Waals surface area contributed by atoms with Crippen molar-refractivity contribution in [3.8, 4) is 67.4 Å². The molecule has 0 unspecified atom stereocenters. The normalized spacial score (nSPS) is 11.8. The molecule has 4 heteroatoms. The molecule has 0 saturated carbocycles. The van der Waals surface area contributed by atoms with Crippen LogP contribution < -0.4 is 0 Å². The summed E-state index contributed by atoms with van der Waals surface area (Å²) < 4.78 is 0. The minimum absolute atomic E-state index is 0.699. The molecule has 52 heavy (non-hydrogen) atoms. The number of pyridine rings is 2. The van der Waals surface area contributed by atoms with Crippen molar-refractivity contribution in [2.24, 2.45) is 0 Å². The number of aromatic nitrogens is 4. The zero-order valence-electron chi connectivity index (χ0n) is 28.0. The first kappa shape index (κ1) is 28.8. The van der Waals surface area contributed by atoms with E-state index in [1.807, 2.05) is 36.4 Å². The van der Waals surface area contributed by atoms with Gasteiger partial charge in [0.2, 0.25) is 0 Å². The Morgan fingerprint density at radius 3 is 1.67 bits per heavy atom. The second kappa shape index (κ2) is 11.2. The first-order chi connectivity index (χ1) is 25.8. The quantitative estimate of drug-likeness (QED) is 0.176. The van der Waals surface area contributed by atoms with E-state index >= 15 is 0 Å². The topological polar surface area (TPSA) is 51.6 Å². The predicted octanol–water partition coefficient (Wildman–Crippen LogP) is 12.2. The van der Waals surface area contributed by atoms with Crippen LogP contribution in [-0.2, 0) is 0 Å². The van der Waals surface area contributed by atoms with Gasteiger partial charge in [-0.25, -0.2) is 19.9 Å². The van der Waals surface area contributed by atoms with Crippen molar-refractivity contribution in [1.82, 2.24) is 19.9 Å². The van der Waals surface area contributed by atoms with Crippen molar-refractivity contribution >= 4 is 43.5 Å². The van der Waals surface area contributed by atoms with Gasteiger partial charge in [-0.2, -0.15) is 0 Å². The monoisotopic (exact) mass is 660 g/mol. The standard InChI is InChI=1S/C48H28N4/c1-2-9-30(10-3-1)45-40-13-6-7-16-42(40)51-48(52-45)33-21-17-29(18-22-33)41-27-23-31-19-20-32-24-28-43(50-47(32)46(31)49-41)36-25-26-39-35-12-5-4-11-34(35)37-14-8-15-38(36)44(37)39/h1-28H. The summed E-state index contributed by atoms with van der Waals surface area (Å²) in [4.78, 5) is 20.6. The summed E-state index contributed by atoms with van der Waals surface area (Å²) in [5, 5.41) is 5.69. The summed E-state index contributed by atoms with van der Waals surface area (Å²) in [6.07, 6.45) is 0. The summed E-state index contributed by atoms with van der Waals surface area (Å²) in [5.41, 5.74) is 14.8. The van der Waals surface area contributed by atoms with Crippen LogP contribution in [0.5, 0.6) is 0 Å². The Kier molecular flexibility index (Phi) is 6.22. The lowest BCUT2D eigenvalue weighted by Crippen LogP contribution is -1.95. The molecule has 0 N–H and O–H groups in total. The number of para-hydroxylation sites is 1. The van der Waals surface area contributed by atoms with E-state index in [2.05, 4.69) is 133 Å². The average molecular weight is 661 g/mol. The molecule has 0 amide bonds. The van der Waals surface area contributed by atoms with Gasteiger partial charge in [0.15, 0.2) is 5.82 Å². The van der Waals surface area contributed by atoms with Crippen LogP contribution in [0.15, 0.2) is 170 Å². The molecule has 1 aliphatic carbocycles. The highest BCUT2D eigenvalue weighted by atomic mass is 14.9. The van der Waals surface area contributed by atoms with Gasteiger partial charge < -0.3 is 0 Å². The molecule has 0 atom stereocenters. The van der Waals surface area contributed by atoms with E-state index < -0.39 is 0 Å². The zero-order valence-corrected chi connectivity index (χ0v) is 28.0. The molecule has 0 bridgehead atoms. The number of benzene rings is 7. The maximum Gasteiger partial charge on any atom is 0.160 e. The van der Waals surface area contributed by atoms with E-state index in [-0.39, 0.29) is 0 Å². The first-order valence-electron chi connectivity index (χ1n) is 17.6. The van der Waals surface area contributed by atoms with E-state index in [0.29, 0.717) is 5.82 Å². The fourth-order valence-corrected chi connectivity index (χ4v) is 7.92. The van der Waals surface area contributed by atoms with Gasteiger partial charge in [-0.1, -0.05) is 152 Å². The Hall–Kier alpha value is -7.04. The molecule has 4 nitrogen and oxygen atoms in total. The van der Waals surface area contributed by atoms with Gasteiger partial charge in [-0.3, -0.25) is 0 Å². The molecule has 3 aromatic heterocycles. The van der Waals surface area contributed by atoms with Crippen LogP contribution >= 0.6 is 0 Å². The van der Waals surface area contributed by atoms with Gasteiger partial charge in [0.1, 0.15) is 0 Å². The molecular formula is C48H28N4. The average Bonchev–Trinajstić information content (AvgIpc) is 3.55. The predicted molar refractivity (Wildman–Crippen MR) is 214 cm³/mol. The van der Waals surface area contributed by atoms with Crippen LogP contribution in [0.3, 0.4) is 0 Å². The smallest absolute Gasteiger partial charge is 0.160 e. The minimum atomic E-state index is 0.699. The maximum atomic E-state index is 5.32. The highest BCUT2D eigenvalue weighted by Gasteiger charge is 2.22. The molecule has 11 rings (SSSR count). The lowest BCUT2D eigenvalue weighted by molar-refractivity contribution is 1.23. The lowest BCUT2D eigenvalue weighted by atomic mass is 9.96. The Morgan fingerprint density at radius 1 is 0.308 bits per heavy atom. The SMILES string of the molecule is c1ccc(-c2nc(-c3ccc(-c4ccc5ccc6ccc(-c7ccc8c9c(cccc79)-c7ccccc7-8)nc6c5n4)cc3)nc3ccccc23)cc1. The molecule has 240 valence electrons. The molecule has 0 spiro atoms. The molecule has 0 radical (unpaired) electrons. The molecule has 10 aromatic rings. The number of hydrogen-bond donors (Lipinski definition) is 0. The zero-order chi connectivity index (χ0) is 34.2. The number of fused-ring (bicyclic) bond motifs is 7. The first-order valence-corrected chi connectivity index (χ1v) is 17.6. The number of nitrogens with zero attached hydrogens (tertiary/aromatic N) is 4. The summed E-state index contributed by atoms with van der Waals surface area (Å²) >= 11 is 0. The summed E-state index contributed by atoms with van der Waals surface area (Å²) in [6, 6.07) is 59.5. The van der Waals surface area contributed by atoms with Crippen molar-refractivity contribution in [2.75, 3.05) is 0 Å². The maximum absolute atomic E-state index is 5.32. The van der Waals surface area contributed by atoms with E-state index in [1.54, 1.807) is 0 Å². The third kappa shape index (κ3) is 4.41. The minimum Gasteiger partial charge on any atom is -0.245 e. The van der Waals surface area contributed by atoms with E-state index in [9.17, 15) is 0 Å². The van der Waals surface area contributed by atoms with Gasteiger partial charge in [-0.15, -0.1) is 0 Å². The fraction of sp³-hybridized carbons (Fsp3) is 0. The van der Waals surface area contributed by atoms with Crippen LogP contribution in [0.2, 0.25) is 0 Å². The highest BCUT2D eigenvalue weighted by Crippen LogP contribution is 2.49. The fourth-order valence-electron chi connectivity index (χ4n) is 7.92. The van der Waals surface area contributed by atoms with Crippen LogP contribution in [0.1, 0.15) is 0 Å². The molecule has 3 heterocycles. The molecule has 0 aliphatic heterocycles. The molecule has 0 fully saturated rings. The Bertz CT molecular complexity index is 3030. The lowest BCUT2D eigenvalue weighted by Gasteiger charge is -2.11. The van der Waals surface area contributed by atoms with Gasteiger partial charge >= 0.3 is 0 Å². The van der Waals surface area contributed by atoms with Crippen molar-refractivity contribution in [3.63, 3.8) is 0 Å². The van der Waals surface area contributed by atoms with E-state index in [0.717, 1.165) is 72.0 Å². The Morgan fingerprint density at radius 2 is 0.885 bits per heavy atom. The second-order valence-electron chi connectivity index (χ2n) is 13.4. The third-order valence-electron chi connectivity index (χ3n) is 10.4. The number of hydrogen-bond acceptors (Lipinski definition) is 4. The number of rotatable bonds is 4. The molecule has 7 aromatic carbocycles. The van der Waals surface area contributed by atoms with E-state index in [1.165, 1.54) is 33.0 Å². The largest absolute Gasteiger partial charge is 0.245 e. The Balaban J connectivity index is 0.998.